The Balaban J connectivity index is 1.58. The first-order valence-electron chi connectivity index (χ1n) is 9.10. The van der Waals surface area contributed by atoms with Crippen molar-refractivity contribution in [3.05, 3.63) is 29.8 Å². The van der Waals surface area contributed by atoms with Gasteiger partial charge in [-0.1, -0.05) is 19.1 Å². The molecule has 4 nitrogen and oxygen atoms in total. The van der Waals surface area contributed by atoms with Crippen molar-refractivity contribution in [3.63, 3.8) is 0 Å². The van der Waals surface area contributed by atoms with E-state index in [9.17, 15) is 13.2 Å². The van der Waals surface area contributed by atoms with Crippen molar-refractivity contribution >= 4 is 15.7 Å². The van der Waals surface area contributed by atoms with Gasteiger partial charge in [-0.15, -0.1) is 0 Å². The number of amides is 1. The van der Waals surface area contributed by atoms with Gasteiger partial charge in [0.05, 0.1) is 16.2 Å². The molecule has 0 spiro atoms. The van der Waals surface area contributed by atoms with Crippen LogP contribution in [0.25, 0.3) is 0 Å². The van der Waals surface area contributed by atoms with E-state index in [0.717, 1.165) is 11.8 Å². The highest BCUT2D eigenvalue weighted by Gasteiger charge is 2.48. The van der Waals surface area contributed by atoms with Gasteiger partial charge in [-0.25, -0.2) is 8.42 Å². The molecule has 1 amide bonds. The number of carbonyl (C=O) groups is 1. The summed E-state index contributed by atoms with van der Waals surface area (Å²) >= 11 is 0. The van der Waals surface area contributed by atoms with Crippen LogP contribution in [0.3, 0.4) is 0 Å². The maximum Gasteiger partial charge on any atom is 0.252 e. The van der Waals surface area contributed by atoms with Crippen LogP contribution in [0.4, 0.5) is 0 Å². The molecule has 0 unspecified atom stereocenters. The first-order chi connectivity index (χ1) is 11.5. The largest absolute Gasteiger partial charge is 0.349 e. The SMILES string of the molecule is CCS(=O)(=O)c1ccccc1C(=O)NC1C2CC3CC(C2)CC1C3. The molecule has 1 N–H and O–H groups in total. The maximum atomic E-state index is 12.8. The number of hydrogen-bond donors (Lipinski definition) is 1. The summed E-state index contributed by atoms with van der Waals surface area (Å²) in [6.07, 6.45) is 6.30. The summed E-state index contributed by atoms with van der Waals surface area (Å²) in [5.74, 6) is 2.66. The van der Waals surface area contributed by atoms with Crippen LogP contribution >= 0.6 is 0 Å². The number of carbonyl (C=O) groups excluding carboxylic acids is 1. The predicted molar refractivity (Wildman–Crippen MR) is 92.5 cm³/mol. The van der Waals surface area contributed by atoms with E-state index in [0.29, 0.717) is 17.4 Å². The highest BCUT2D eigenvalue weighted by atomic mass is 32.2. The predicted octanol–water partition coefficient (Wildman–Crippen LogP) is 3.03. The van der Waals surface area contributed by atoms with Crippen LogP contribution in [0, 0.1) is 23.7 Å². The second kappa shape index (κ2) is 5.87. The van der Waals surface area contributed by atoms with Gasteiger partial charge in [0.15, 0.2) is 9.84 Å². The van der Waals surface area contributed by atoms with Gasteiger partial charge < -0.3 is 5.32 Å². The molecule has 4 bridgehead atoms. The van der Waals surface area contributed by atoms with E-state index in [1.165, 1.54) is 32.1 Å². The number of hydrogen-bond acceptors (Lipinski definition) is 3. The van der Waals surface area contributed by atoms with Gasteiger partial charge in [0, 0.05) is 6.04 Å². The number of rotatable bonds is 4. The van der Waals surface area contributed by atoms with E-state index in [1.54, 1.807) is 31.2 Å². The highest BCUT2D eigenvalue weighted by Crippen LogP contribution is 2.53. The lowest BCUT2D eigenvalue weighted by atomic mass is 9.54. The molecule has 1 aromatic rings. The average molecular weight is 347 g/mol. The van der Waals surface area contributed by atoms with Gasteiger partial charge in [-0.05, 0) is 67.9 Å². The summed E-state index contributed by atoms with van der Waals surface area (Å²) < 4.78 is 24.6. The second-order valence-corrected chi connectivity index (χ2v) is 10.1. The molecular formula is C19H25NO3S. The number of benzene rings is 1. The minimum absolute atomic E-state index is 0.00926. The molecule has 0 atom stereocenters. The molecule has 4 aliphatic rings. The Bertz CT molecular complexity index is 728. The quantitative estimate of drug-likeness (QED) is 0.910. The van der Waals surface area contributed by atoms with E-state index in [-0.39, 0.29) is 22.6 Å². The Morgan fingerprint density at radius 2 is 1.62 bits per heavy atom. The van der Waals surface area contributed by atoms with Crippen LogP contribution in [0.15, 0.2) is 29.2 Å². The second-order valence-electron chi connectivity index (χ2n) is 7.83. The lowest BCUT2D eigenvalue weighted by Crippen LogP contribution is -2.55. The van der Waals surface area contributed by atoms with E-state index in [2.05, 4.69) is 5.32 Å². The Hall–Kier alpha value is -1.36. The van der Waals surface area contributed by atoms with Crippen molar-refractivity contribution in [2.24, 2.45) is 23.7 Å². The summed E-state index contributed by atoms with van der Waals surface area (Å²) in [4.78, 5) is 13.0. The lowest BCUT2D eigenvalue weighted by Gasteiger charge is -2.54. The molecule has 24 heavy (non-hydrogen) atoms. The molecule has 4 fully saturated rings. The van der Waals surface area contributed by atoms with Crippen LogP contribution in [-0.4, -0.2) is 26.1 Å². The minimum atomic E-state index is -3.40. The molecule has 4 aliphatic carbocycles. The summed E-state index contributed by atoms with van der Waals surface area (Å²) in [6.45, 7) is 1.61. The molecule has 0 heterocycles. The molecule has 1 aromatic carbocycles. The first kappa shape index (κ1) is 16.1. The molecular weight excluding hydrogens is 322 g/mol. The van der Waals surface area contributed by atoms with Gasteiger partial charge in [0.1, 0.15) is 0 Å². The third kappa shape index (κ3) is 2.67. The van der Waals surface area contributed by atoms with Crippen molar-refractivity contribution in [3.8, 4) is 0 Å². The fraction of sp³-hybridized carbons (Fsp3) is 0.632. The van der Waals surface area contributed by atoms with Crippen LogP contribution in [-0.2, 0) is 9.84 Å². The molecule has 4 saturated carbocycles. The van der Waals surface area contributed by atoms with Gasteiger partial charge in [0.25, 0.3) is 5.91 Å². The third-order valence-electron chi connectivity index (χ3n) is 6.37. The summed E-state index contributed by atoms with van der Waals surface area (Å²) in [5, 5.41) is 3.21. The Labute approximate surface area is 143 Å². The zero-order chi connectivity index (χ0) is 16.9. The minimum Gasteiger partial charge on any atom is -0.349 e. The normalized spacial score (nSPS) is 34.3. The van der Waals surface area contributed by atoms with Crippen LogP contribution in [0.1, 0.15) is 49.4 Å². The first-order valence-corrected chi connectivity index (χ1v) is 10.8. The van der Waals surface area contributed by atoms with Crippen molar-refractivity contribution in [2.75, 3.05) is 5.75 Å². The van der Waals surface area contributed by atoms with Gasteiger partial charge in [-0.2, -0.15) is 0 Å². The standard InChI is InChI=1S/C19H25NO3S/c1-2-24(22,23)17-6-4-3-5-16(17)19(21)20-18-14-8-12-7-13(10-14)11-15(18)9-12/h3-6,12-15,18H,2,7-11H2,1H3,(H,20,21). The van der Waals surface area contributed by atoms with Gasteiger partial charge in [-0.3, -0.25) is 4.79 Å². The van der Waals surface area contributed by atoms with Gasteiger partial charge in [0.2, 0.25) is 0 Å². The smallest absolute Gasteiger partial charge is 0.252 e. The summed E-state index contributed by atoms with van der Waals surface area (Å²) in [7, 11) is -3.40. The number of nitrogens with one attached hydrogen (secondary N) is 1. The molecule has 130 valence electrons. The zero-order valence-corrected chi connectivity index (χ0v) is 14.9. The monoisotopic (exact) mass is 347 g/mol. The summed E-state index contributed by atoms with van der Waals surface area (Å²) in [5.41, 5.74) is 0.299. The molecule has 0 radical (unpaired) electrons. The molecule has 0 saturated heterocycles. The van der Waals surface area contributed by atoms with Crippen LogP contribution in [0.2, 0.25) is 0 Å². The van der Waals surface area contributed by atoms with Crippen molar-refractivity contribution in [1.82, 2.24) is 5.32 Å². The maximum absolute atomic E-state index is 12.8. The topological polar surface area (TPSA) is 63.2 Å². The van der Waals surface area contributed by atoms with Crippen molar-refractivity contribution < 1.29 is 13.2 Å². The molecule has 5 heteroatoms. The lowest BCUT2D eigenvalue weighted by molar-refractivity contribution is -0.0120. The van der Waals surface area contributed by atoms with E-state index in [4.69, 9.17) is 0 Å². The molecule has 5 rings (SSSR count). The highest BCUT2D eigenvalue weighted by molar-refractivity contribution is 7.91. The van der Waals surface area contributed by atoms with E-state index >= 15 is 0 Å². The fourth-order valence-electron chi connectivity index (χ4n) is 5.47. The van der Waals surface area contributed by atoms with E-state index in [1.807, 2.05) is 0 Å². The Morgan fingerprint density at radius 3 is 2.21 bits per heavy atom. The summed E-state index contributed by atoms with van der Waals surface area (Å²) in [6, 6.07) is 6.82. The van der Waals surface area contributed by atoms with Crippen molar-refractivity contribution in [1.29, 1.82) is 0 Å². The Kier molecular flexibility index (Phi) is 3.94. The average Bonchev–Trinajstić information content (AvgIpc) is 2.57. The number of sulfone groups is 1. The third-order valence-corrected chi connectivity index (χ3v) is 8.16. The Morgan fingerprint density at radius 1 is 1.04 bits per heavy atom. The fourth-order valence-corrected chi connectivity index (χ4v) is 6.56. The van der Waals surface area contributed by atoms with E-state index < -0.39 is 9.84 Å². The van der Waals surface area contributed by atoms with Gasteiger partial charge >= 0.3 is 0 Å². The van der Waals surface area contributed by atoms with Crippen molar-refractivity contribution in [2.45, 2.75) is 50.0 Å². The van der Waals surface area contributed by atoms with Crippen LogP contribution < -0.4 is 5.32 Å². The zero-order valence-electron chi connectivity index (χ0n) is 14.1. The van der Waals surface area contributed by atoms with Crippen LogP contribution in [0.5, 0.6) is 0 Å². The molecule has 0 aliphatic heterocycles. The molecule has 0 aromatic heterocycles.